The van der Waals surface area contributed by atoms with Gasteiger partial charge in [0, 0.05) is 6.42 Å². The van der Waals surface area contributed by atoms with Crippen LogP contribution in [-0.2, 0) is 4.79 Å². The number of carbonyl (C=O) groups is 1. The van der Waals surface area contributed by atoms with Gasteiger partial charge in [-0.3, -0.25) is 0 Å². The highest BCUT2D eigenvalue weighted by Crippen LogP contribution is 2.13. The van der Waals surface area contributed by atoms with Crippen LogP contribution in [0.5, 0.6) is 0 Å². The lowest BCUT2D eigenvalue weighted by atomic mass is 10.0. The molecule has 0 atom stereocenters. The summed E-state index contributed by atoms with van der Waals surface area (Å²) in [4.78, 5) is 10.2. The van der Waals surface area contributed by atoms with E-state index in [1.165, 1.54) is 96.3 Å². The molecule has 0 saturated carbocycles. The van der Waals surface area contributed by atoms with Crippen LogP contribution in [0.3, 0.4) is 0 Å². The molecular formula is C21H40O. The smallest absolute Gasteiger partial charge is 0.119 e. The van der Waals surface area contributed by atoms with Crippen molar-refractivity contribution in [3.63, 3.8) is 0 Å². The summed E-state index contributed by atoms with van der Waals surface area (Å²) in [7, 11) is 0. The Morgan fingerprint density at radius 1 is 0.500 bits per heavy atom. The molecule has 0 fully saturated rings. The predicted octanol–water partition coefficient (Wildman–Crippen LogP) is 7.39. The second-order valence-electron chi connectivity index (χ2n) is 6.60. The minimum absolute atomic E-state index is 0.758. The summed E-state index contributed by atoms with van der Waals surface area (Å²) in [5.41, 5.74) is 0. The summed E-state index contributed by atoms with van der Waals surface area (Å²) in [5.74, 6) is 0. The third-order valence-corrected chi connectivity index (χ3v) is 4.33. The molecule has 0 amide bonds. The van der Waals surface area contributed by atoms with Gasteiger partial charge in [0.2, 0.25) is 0 Å². The van der Waals surface area contributed by atoms with Crippen molar-refractivity contribution in [2.24, 2.45) is 0 Å². The second-order valence-corrected chi connectivity index (χ2v) is 6.60. The average Bonchev–Trinajstić information content (AvgIpc) is 2.54. The number of aldehydes is 1. The summed E-state index contributed by atoms with van der Waals surface area (Å²) in [5, 5.41) is 0. The van der Waals surface area contributed by atoms with Crippen molar-refractivity contribution in [2.75, 3.05) is 0 Å². The van der Waals surface area contributed by atoms with Crippen LogP contribution in [0.4, 0.5) is 0 Å². The van der Waals surface area contributed by atoms with Gasteiger partial charge in [-0.25, -0.2) is 0 Å². The van der Waals surface area contributed by atoms with Gasteiger partial charge in [0.15, 0.2) is 0 Å². The van der Waals surface area contributed by atoms with E-state index in [1.54, 1.807) is 0 Å². The van der Waals surface area contributed by atoms with Crippen LogP contribution in [0.1, 0.15) is 116 Å². The molecule has 0 saturated heterocycles. The number of carbonyl (C=O) groups excluding carboxylic acids is 1. The molecule has 130 valence electrons. The lowest BCUT2D eigenvalue weighted by Crippen LogP contribution is -1.83. The minimum Gasteiger partial charge on any atom is -0.303 e. The SMILES string of the molecule is CCCC/C=C/CCCCCCCCCCCCCCC=O. The third kappa shape index (κ3) is 19.4. The van der Waals surface area contributed by atoms with Crippen molar-refractivity contribution in [1.82, 2.24) is 0 Å². The molecule has 0 aliphatic carbocycles. The molecule has 0 radical (unpaired) electrons. The van der Waals surface area contributed by atoms with Crippen molar-refractivity contribution >= 4 is 6.29 Å². The van der Waals surface area contributed by atoms with Crippen molar-refractivity contribution in [3.8, 4) is 0 Å². The topological polar surface area (TPSA) is 17.1 Å². The number of hydrogen-bond donors (Lipinski definition) is 0. The normalized spacial score (nSPS) is 11.3. The summed E-state index contributed by atoms with van der Waals surface area (Å²) >= 11 is 0. The first-order valence-corrected chi connectivity index (χ1v) is 10.0. The number of allylic oxidation sites excluding steroid dienone is 2. The zero-order chi connectivity index (χ0) is 16.1. The van der Waals surface area contributed by atoms with E-state index in [4.69, 9.17) is 0 Å². The lowest BCUT2D eigenvalue weighted by Gasteiger charge is -2.02. The Balaban J connectivity index is 2.99. The highest BCUT2D eigenvalue weighted by Gasteiger charge is 1.93. The van der Waals surface area contributed by atoms with Crippen molar-refractivity contribution < 1.29 is 4.79 Å². The molecule has 0 spiro atoms. The number of rotatable bonds is 18. The van der Waals surface area contributed by atoms with Crippen LogP contribution in [0.15, 0.2) is 12.2 Å². The Morgan fingerprint density at radius 3 is 1.27 bits per heavy atom. The van der Waals surface area contributed by atoms with Crippen LogP contribution < -0.4 is 0 Å². The molecule has 0 N–H and O–H groups in total. The molecule has 22 heavy (non-hydrogen) atoms. The Labute approximate surface area is 140 Å². The molecule has 1 nitrogen and oxygen atoms in total. The van der Waals surface area contributed by atoms with Gasteiger partial charge in [-0.15, -0.1) is 0 Å². The van der Waals surface area contributed by atoms with Gasteiger partial charge in [0.05, 0.1) is 0 Å². The molecule has 0 bridgehead atoms. The molecule has 0 aliphatic rings. The molecule has 0 aromatic heterocycles. The van der Waals surface area contributed by atoms with Crippen LogP contribution in [-0.4, -0.2) is 6.29 Å². The van der Waals surface area contributed by atoms with E-state index < -0.39 is 0 Å². The van der Waals surface area contributed by atoms with E-state index >= 15 is 0 Å². The minimum atomic E-state index is 0.758. The predicted molar refractivity (Wildman–Crippen MR) is 99.4 cm³/mol. The van der Waals surface area contributed by atoms with Gasteiger partial charge in [-0.1, -0.05) is 96.1 Å². The van der Waals surface area contributed by atoms with Crippen LogP contribution >= 0.6 is 0 Å². The first kappa shape index (κ1) is 21.4. The molecule has 0 aromatic carbocycles. The molecule has 0 rings (SSSR count). The van der Waals surface area contributed by atoms with Gasteiger partial charge in [0.25, 0.3) is 0 Å². The van der Waals surface area contributed by atoms with E-state index in [1.807, 2.05) is 0 Å². The highest BCUT2D eigenvalue weighted by atomic mass is 16.1. The first-order valence-electron chi connectivity index (χ1n) is 10.0. The first-order chi connectivity index (χ1) is 10.9. The van der Waals surface area contributed by atoms with Gasteiger partial charge in [-0.2, -0.15) is 0 Å². The molecular weight excluding hydrogens is 268 g/mol. The van der Waals surface area contributed by atoms with Gasteiger partial charge in [0.1, 0.15) is 6.29 Å². The van der Waals surface area contributed by atoms with E-state index in [-0.39, 0.29) is 0 Å². The van der Waals surface area contributed by atoms with Gasteiger partial charge >= 0.3 is 0 Å². The maximum atomic E-state index is 10.2. The van der Waals surface area contributed by atoms with Crippen molar-refractivity contribution in [3.05, 3.63) is 12.2 Å². The van der Waals surface area contributed by atoms with Gasteiger partial charge < -0.3 is 4.79 Å². The summed E-state index contributed by atoms with van der Waals surface area (Å²) in [6, 6.07) is 0. The fourth-order valence-electron chi connectivity index (χ4n) is 2.82. The van der Waals surface area contributed by atoms with Gasteiger partial charge in [-0.05, 0) is 25.7 Å². The Bertz CT molecular complexity index is 232. The number of unbranched alkanes of at least 4 members (excludes halogenated alkanes) is 15. The van der Waals surface area contributed by atoms with Crippen LogP contribution in [0, 0.1) is 0 Å². The quantitative estimate of drug-likeness (QED) is 0.146. The van der Waals surface area contributed by atoms with Crippen molar-refractivity contribution in [1.29, 1.82) is 0 Å². The highest BCUT2D eigenvalue weighted by molar-refractivity contribution is 5.48. The standard InChI is InChI=1S/C21H40O/c1-2-3-4-5-6-7-8-9-10-11-12-13-14-15-16-17-18-19-20-21-22/h5-6,21H,2-4,7-20H2,1H3/b6-5+. The maximum absolute atomic E-state index is 10.2. The number of hydrogen-bond acceptors (Lipinski definition) is 1. The second kappa shape index (κ2) is 20.4. The molecule has 0 aliphatic heterocycles. The zero-order valence-corrected chi connectivity index (χ0v) is 15.2. The van der Waals surface area contributed by atoms with E-state index in [0.717, 1.165) is 19.1 Å². The molecule has 0 unspecified atom stereocenters. The lowest BCUT2D eigenvalue weighted by molar-refractivity contribution is -0.107. The monoisotopic (exact) mass is 308 g/mol. The summed E-state index contributed by atoms with van der Waals surface area (Å²) in [6.45, 7) is 2.25. The fraction of sp³-hybridized carbons (Fsp3) is 0.857. The van der Waals surface area contributed by atoms with E-state index in [2.05, 4.69) is 19.1 Å². The van der Waals surface area contributed by atoms with Crippen LogP contribution in [0.25, 0.3) is 0 Å². The Kier molecular flexibility index (Phi) is 19.9. The van der Waals surface area contributed by atoms with Crippen molar-refractivity contribution in [2.45, 2.75) is 116 Å². The zero-order valence-electron chi connectivity index (χ0n) is 15.2. The molecule has 0 heterocycles. The molecule has 0 aromatic rings. The fourth-order valence-corrected chi connectivity index (χ4v) is 2.82. The van der Waals surface area contributed by atoms with E-state index in [9.17, 15) is 4.79 Å². The molecule has 1 heteroatoms. The van der Waals surface area contributed by atoms with Crippen LogP contribution in [0.2, 0.25) is 0 Å². The Morgan fingerprint density at radius 2 is 0.864 bits per heavy atom. The summed E-state index contributed by atoms with van der Waals surface area (Å²) < 4.78 is 0. The largest absolute Gasteiger partial charge is 0.303 e. The Hall–Kier alpha value is -0.590. The summed E-state index contributed by atoms with van der Waals surface area (Å²) in [6.07, 6.45) is 28.1. The third-order valence-electron chi connectivity index (χ3n) is 4.33. The average molecular weight is 309 g/mol. The van der Waals surface area contributed by atoms with E-state index in [0.29, 0.717) is 0 Å². The maximum Gasteiger partial charge on any atom is 0.119 e.